The summed E-state index contributed by atoms with van der Waals surface area (Å²) in [5.74, 6) is -6.21. The third-order valence-electron chi connectivity index (χ3n) is 5.43. The largest absolute Gasteiger partial charge is 0.463 e. The maximum Gasteiger partial charge on any atom is 0.305 e. The monoisotopic (exact) mass is 661 g/mol. The molecule has 12 nitrogen and oxygen atoms in total. The Morgan fingerprint density at radius 1 is 0.842 bits per heavy atom. The van der Waals surface area contributed by atoms with Crippen LogP contribution in [0.2, 0.25) is 0 Å². The van der Waals surface area contributed by atoms with Crippen molar-refractivity contribution in [2.75, 3.05) is 6.61 Å². The van der Waals surface area contributed by atoms with Crippen molar-refractivity contribution in [3.8, 4) is 0 Å². The first-order valence-electron chi connectivity index (χ1n) is 11.2. The van der Waals surface area contributed by atoms with Gasteiger partial charge in [0.2, 0.25) is 6.10 Å². The number of halogens is 2. The maximum absolute atomic E-state index is 12.5. The lowest BCUT2D eigenvalue weighted by molar-refractivity contribution is -0.361. The molecule has 2 aromatic rings. The average Bonchev–Trinajstić information content (AvgIpc) is 3.18. The summed E-state index contributed by atoms with van der Waals surface area (Å²) in [6.07, 6.45) is -4.48. The molecule has 0 spiro atoms. The summed E-state index contributed by atoms with van der Waals surface area (Å²) in [4.78, 5) is 63.8. The van der Waals surface area contributed by atoms with E-state index in [1.54, 1.807) is 12.1 Å². The average molecular weight is 663 g/mol. The van der Waals surface area contributed by atoms with Gasteiger partial charge in [-0.1, -0.05) is 0 Å². The van der Waals surface area contributed by atoms with E-state index in [1.165, 1.54) is 6.20 Å². The van der Waals surface area contributed by atoms with E-state index in [0.29, 0.717) is 19.8 Å². The Balaban J connectivity index is 2.35. The zero-order chi connectivity index (χ0) is 28.4. The molecule has 1 aromatic heterocycles. The van der Waals surface area contributed by atoms with Crippen LogP contribution in [0, 0.1) is 0 Å². The highest BCUT2D eigenvalue weighted by atomic mass is 79.9. The van der Waals surface area contributed by atoms with Crippen molar-refractivity contribution in [1.29, 1.82) is 0 Å². The summed E-state index contributed by atoms with van der Waals surface area (Å²) in [5, 5.41) is 0.484. The molecular weight excluding hydrogens is 638 g/mol. The molecule has 0 unspecified atom stereocenters. The van der Waals surface area contributed by atoms with E-state index in [1.807, 2.05) is 0 Å². The van der Waals surface area contributed by atoms with Crippen LogP contribution in [0.5, 0.6) is 0 Å². The van der Waals surface area contributed by atoms with Crippen LogP contribution in [-0.2, 0) is 58.2 Å². The van der Waals surface area contributed by atoms with Crippen molar-refractivity contribution < 1.29 is 52.4 Å². The number of hydrogen-bond donors (Lipinski definition) is 1. The zero-order valence-corrected chi connectivity index (χ0v) is 24.2. The lowest BCUT2D eigenvalue weighted by atomic mass is 9.87. The molecule has 0 aliphatic carbocycles. The molecule has 0 saturated carbocycles. The Bertz CT molecular complexity index is 1280. The van der Waals surface area contributed by atoms with E-state index in [-0.39, 0.29) is 5.56 Å². The first-order valence-corrected chi connectivity index (χ1v) is 12.8. The quantitative estimate of drug-likeness (QED) is 0.343. The molecule has 2 heterocycles. The molecule has 38 heavy (non-hydrogen) atoms. The van der Waals surface area contributed by atoms with E-state index in [9.17, 15) is 24.0 Å². The van der Waals surface area contributed by atoms with Crippen LogP contribution < -0.4 is 0 Å². The topological polar surface area (TPSA) is 157 Å². The van der Waals surface area contributed by atoms with Crippen LogP contribution in [-0.4, -0.2) is 65.9 Å². The highest BCUT2D eigenvalue weighted by Gasteiger charge is 2.64. The van der Waals surface area contributed by atoms with Crippen LogP contribution in [0.15, 0.2) is 27.3 Å². The summed E-state index contributed by atoms with van der Waals surface area (Å²) in [7, 11) is 0. The molecule has 1 fully saturated rings. The molecule has 206 valence electrons. The number of esters is 5. The lowest BCUT2D eigenvalue weighted by Crippen LogP contribution is -2.67. The van der Waals surface area contributed by atoms with E-state index >= 15 is 0 Å². The minimum Gasteiger partial charge on any atom is -0.463 e. The minimum absolute atomic E-state index is 0.188. The molecule has 14 heteroatoms. The number of H-pyrrole nitrogens is 1. The smallest absolute Gasteiger partial charge is 0.305 e. The Morgan fingerprint density at radius 2 is 1.42 bits per heavy atom. The van der Waals surface area contributed by atoms with Crippen LogP contribution in [0.1, 0.15) is 40.2 Å². The third kappa shape index (κ3) is 6.35. The van der Waals surface area contributed by atoms with Gasteiger partial charge < -0.3 is 33.4 Å². The molecule has 5 atom stereocenters. The maximum atomic E-state index is 12.5. The van der Waals surface area contributed by atoms with E-state index in [2.05, 4.69) is 36.8 Å². The second-order valence-corrected chi connectivity index (χ2v) is 10.1. The summed E-state index contributed by atoms with van der Waals surface area (Å²) >= 11 is 6.86. The Morgan fingerprint density at radius 3 is 1.97 bits per heavy atom. The van der Waals surface area contributed by atoms with Gasteiger partial charge in [0.1, 0.15) is 12.7 Å². The van der Waals surface area contributed by atoms with Gasteiger partial charge >= 0.3 is 29.8 Å². The molecule has 1 saturated heterocycles. The summed E-state index contributed by atoms with van der Waals surface area (Å²) in [6.45, 7) is 5.08. The number of aromatic amines is 1. The lowest BCUT2D eigenvalue weighted by Gasteiger charge is -2.49. The molecule has 1 aromatic carbocycles. The molecule has 0 amide bonds. The fourth-order valence-electron chi connectivity index (χ4n) is 4.24. The number of nitrogens with one attached hydrogen (secondary N) is 1. The fourth-order valence-corrected chi connectivity index (χ4v) is 4.93. The Hall–Kier alpha value is -2.97. The Labute approximate surface area is 233 Å². The first-order chi connectivity index (χ1) is 17.7. The van der Waals surface area contributed by atoms with Gasteiger partial charge in [-0.05, 0) is 44.0 Å². The van der Waals surface area contributed by atoms with Crippen molar-refractivity contribution in [3.63, 3.8) is 0 Å². The molecule has 0 bridgehead atoms. The second-order valence-electron chi connectivity index (χ2n) is 8.41. The standard InChI is InChI=1S/C24H25Br2NO11/c1-10(28)33-9-20-21(34-11(2)29)22(35-12(3)30)23(36-13(4)31)24(38-20,37-14(5)32)16-8-27-19-7-18(26)17(25)6-15(16)19/h6-8,20-23,27H,9H2,1-5H3/t20-,21+,22+,23-,24-/m1/s1. The predicted molar refractivity (Wildman–Crippen MR) is 135 cm³/mol. The number of fused-ring (bicyclic) bond motifs is 1. The van der Waals surface area contributed by atoms with Crippen molar-refractivity contribution in [1.82, 2.24) is 4.98 Å². The summed E-state index contributed by atoms with van der Waals surface area (Å²) in [6, 6.07) is 3.44. The highest BCUT2D eigenvalue weighted by molar-refractivity contribution is 9.13. The van der Waals surface area contributed by atoms with Crippen LogP contribution in [0.4, 0.5) is 0 Å². The van der Waals surface area contributed by atoms with Crippen molar-refractivity contribution >= 4 is 72.6 Å². The highest BCUT2D eigenvalue weighted by Crippen LogP contribution is 2.46. The fraction of sp³-hybridized carbons (Fsp3) is 0.458. The second kappa shape index (κ2) is 11.8. The van der Waals surface area contributed by atoms with Gasteiger partial charge in [0.15, 0.2) is 12.2 Å². The van der Waals surface area contributed by atoms with Crippen LogP contribution in [0.3, 0.4) is 0 Å². The van der Waals surface area contributed by atoms with Crippen LogP contribution in [0.25, 0.3) is 10.9 Å². The SMILES string of the molecule is CC(=O)OC[C@H]1O[C@](OC(C)=O)(c2c[nH]c3cc(Br)c(Br)cc23)[C@H](OC(C)=O)[C@@H](OC(C)=O)[C@H]1OC(C)=O. The molecule has 1 N–H and O–H groups in total. The van der Waals surface area contributed by atoms with E-state index in [4.69, 9.17) is 28.4 Å². The zero-order valence-electron chi connectivity index (χ0n) is 21.0. The summed E-state index contributed by atoms with van der Waals surface area (Å²) in [5.41, 5.74) is 0.767. The van der Waals surface area contributed by atoms with Gasteiger partial charge in [-0.15, -0.1) is 0 Å². The van der Waals surface area contributed by atoms with Crippen molar-refractivity contribution in [2.24, 2.45) is 0 Å². The molecule has 1 aliphatic heterocycles. The van der Waals surface area contributed by atoms with Crippen molar-refractivity contribution in [2.45, 2.75) is 64.8 Å². The number of rotatable bonds is 7. The van der Waals surface area contributed by atoms with Gasteiger partial charge in [-0.2, -0.15) is 0 Å². The predicted octanol–water partition coefficient (Wildman–Crippen LogP) is 3.17. The number of ether oxygens (including phenoxy) is 6. The van der Waals surface area contributed by atoms with E-state index < -0.39 is 66.7 Å². The molecule has 3 rings (SSSR count). The third-order valence-corrected chi connectivity index (χ3v) is 7.28. The summed E-state index contributed by atoms with van der Waals surface area (Å²) < 4.78 is 35.0. The van der Waals surface area contributed by atoms with Gasteiger partial charge in [-0.25, -0.2) is 0 Å². The van der Waals surface area contributed by atoms with E-state index in [0.717, 1.165) is 34.6 Å². The first kappa shape index (κ1) is 29.6. The van der Waals surface area contributed by atoms with Gasteiger partial charge in [0, 0.05) is 60.7 Å². The minimum atomic E-state index is -2.25. The number of aromatic nitrogens is 1. The number of hydrogen-bond acceptors (Lipinski definition) is 11. The van der Waals surface area contributed by atoms with Crippen LogP contribution >= 0.6 is 31.9 Å². The van der Waals surface area contributed by atoms with Gasteiger partial charge in [0.25, 0.3) is 5.79 Å². The van der Waals surface area contributed by atoms with Gasteiger partial charge in [0.05, 0.1) is 5.56 Å². The van der Waals surface area contributed by atoms with Gasteiger partial charge in [-0.3, -0.25) is 24.0 Å². The number of benzene rings is 1. The normalized spacial score (nSPS) is 24.8. The Kier molecular flexibility index (Phi) is 9.21. The molecule has 0 radical (unpaired) electrons. The number of carbonyl (C=O) groups is 5. The molecular formula is C24H25Br2NO11. The number of carbonyl (C=O) groups excluding carboxylic acids is 5. The van der Waals surface area contributed by atoms with Crippen molar-refractivity contribution in [3.05, 3.63) is 32.8 Å². The molecule has 1 aliphatic rings.